The maximum Gasteiger partial charge on any atom is 0.0940 e. The van der Waals surface area contributed by atoms with E-state index in [1.54, 1.807) is 9.06 Å². The van der Waals surface area contributed by atoms with Crippen molar-refractivity contribution in [3.05, 3.63) is 21.2 Å². The predicted octanol–water partition coefficient (Wildman–Crippen LogP) is 8.30. The first-order chi connectivity index (χ1) is 10.3. The van der Waals surface area contributed by atoms with Gasteiger partial charge in [-0.2, -0.15) is 0 Å². The standard InChI is InChI=1S/C20H42SSi3/c1-19(2,3)23(10,11)17-14-16(22(7,8)9)15-18(21-17)24(12,13)20(4,5)6/h14-16H,1-13H3. The Morgan fingerprint density at radius 3 is 1.17 bits per heavy atom. The van der Waals surface area contributed by atoms with E-state index in [9.17, 15) is 0 Å². The fourth-order valence-corrected chi connectivity index (χ4v) is 12.6. The Morgan fingerprint density at radius 2 is 0.958 bits per heavy atom. The number of hydrogen-bond donors (Lipinski definition) is 0. The van der Waals surface area contributed by atoms with Crippen molar-refractivity contribution >= 4 is 36.0 Å². The first-order valence-electron chi connectivity index (χ1n) is 9.44. The number of allylic oxidation sites excluding steroid dienone is 2. The van der Waals surface area contributed by atoms with Crippen LogP contribution in [0.3, 0.4) is 0 Å². The second-order valence-corrected chi connectivity index (χ2v) is 29.6. The normalized spacial score (nSPS) is 19.2. The van der Waals surface area contributed by atoms with Gasteiger partial charge in [-0.25, -0.2) is 0 Å². The smallest absolute Gasteiger partial charge is 0.0940 e. The molecule has 0 fully saturated rings. The summed E-state index contributed by atoms with van der Waals surface area (Å²) in [5, 5.41) is 0.817. The summed E-state index contributed by atoms with van der Waals surface area (Å²) in [5.74, 6) is 0. The maximum absolute atomic E-state index is 2.70. The van der Waals surface area contributed by atoms with Crippen molar-refractivity contribution < 1.29 is 0 Å². The molecule has 0 nitrogen and oxygen atoms in total. The van der Waals surface area contributed by atoms with Gasteiger partial charge in [0.1, 0.15) is 0 Å². The summed E-state index contributed by atoms with van der Waals surface area (Å²) in [7, 11) is -4.19. The van der Waals surface area contributed by atoms with Crippen LogP contribution < -0.4 is 0 Å². The van der Waals surface area contributed by atoms with Crippen LogP contribution in [0.25, 0.3) is 0 Å². The molecule has 24 heavy (non-hydrogen) atoms. The number of thioether (sulfide) groups is 1. The van der Waals surface area contributed by atoms with E-state index in [4.69, 9.17) is 0 Å². The van der Waals surface area contributed by atoms with Crippen molar-refractivity contribution in [2.45, 2.75) is 103 Å². The molecular weight excluding hydrogens is 357 g/mol. The predicted molar refractivity (Wildman–Crippen MR) is 125 cm³/mol. The van der Waals surface area contributed by atoms with E-state index in [0.29, 0.717) is 15.6 Å². The lowest BCUT2D eigenvalue weighted by atomic mass is 10.2. The molecule has 0 N–H and O–H groups in total. The van der Waals surface area contributed by atoms with Gasteiger partial charge in [0, 0.05) is 0 Å². The first-order valence-corrected chi connectivity index (χ1v) is 19.8. The summed E-state index contributed by atoms with van der Waals surface area (Å²) < 4.78 is 3.51. The van der Waals surface area contributed by atoms with E-state index >= 15 is 0 Å². The van der Waals surface area contributed by atoms with Gasteiger partial charge < -0.3 is 0 Å². The maximum atomic E-state index is 2.70. The van der Waals surface area contributed by atoms with E-state index in [-0.39, 0.29) is 0 Å². The van der Waals surface area contributed by atoms with Gasteiger partial charge in [0.15, 0.2) is 0 Å². The van der Waals surface area contributed by atoms with Gasteiger partial charge in [-0.1, -0.05) is 99.5 Å². The van der Waals surface area contributed by atoms with Crippen molar-refractivity contribution in [3.63, 3.8) is 0 Å². The third-order valence-corrected chi connectivity index (χ3v) is 23.9. The van der Waals surface area contributed by atoms with Crippen molar-refractivity contribution in [2.75, 3.05) is 0 Å². The molecule has 1 aliphatic heterocycles. The van der Waals surface area contributed by atoms with Crippen molar-refractivity contribution in [1.82, 2.24) is 0 Å². The summed E-state index contributed by atoms with van der Waals surface area (Å²) in [4.78, 5) is 0. The zero-order chi connectivity index (χ0) is 19.4. The van der Waals surface area contributed by atoms with E-state index in [0.717, 1.165) is 0 Å². The van der Waals surface area contributed by atoms with Crippen molar-refractivity contribution in [2.24, 2.45) is 0 Å². The van der Waals surface area contributed by atoms with Crippen LogP contribution in [0.15, 0.2) is 21.2 Å². The third-order valence-electron chi connectivity index (χ3n) is 6.86. The average molecular weight is 399 g/mol. The Kier molecular flexibility index (Phi) is 6.17. The molecule has 0 bridgehead atoms. The Balaban J connectivity index is 3.46. The van der Waals surface area contributed by atoms with Gasteiger partial charge in [0.2, 0.25) is 0 Å². The zero-order valence-electron chi connectivity index (χ0n) is 18.6. The van der Waals surface area contributed by atoms with Crippen LogP contribution in [0.5, 0.6) is 0 Å². The average Bonchev–Trinajstić information content (AvgIpc) is 2.34. The first kappa shape index (κ1) is 22.5. The highest BCUT2D eigenvalue weighted by molar-refractivity contribution is 8.10. The lowest BCUT2D eigenvalue weighted by Gasteiger charge is -2.46. The van der Waals surface area contributed by atoms with Crippen LogP contribution in [0.4, 0.5) is 0 Å². The molecule has 1 aliphatic rings. The lowest BCUT2D eigenvalue weighted by Crippen LogP contribution is -2.44. The quantitative estimate of drug-likeness (QED) is 0.431. The van der Waals surface area contributed by atoms with Crippen LogP contribution in [0.1, 0.15) is 41.5 Å². The van der Waals surface area contributed by atoms with Crippen LogP contribution in [-0.4, -0.2) is 24.2 Å². The molecule has 1 heterocycles. The molecule has 0 unspecified atom stereocenters. The van der Waals surface area contributed by atoms with Crippen molar-refractivity contribution in [1.29, 1.82) is 0 Å². The second-order valence-electron chi connectivity index (χ2n) is 11.8. The fourth-order valence-electron chi connectivity index (χ4n) is 2.47. The fraction of sp³-hybridized carbons (Fsp3) is 0.800. The molecule has 0 atom stereocenters. The summed E-state index contributed by atoms with van der Waals surface area (Å²) >= 11 is 2.19. The second kappa shape index (κ2) is 6.58. The Labute approximate surface area is 160 Å². The minimum Gasteiger partial charge on any atom is -0.109 e. The van der Waals surface area contributed by atoms with E-state index in [1.807, 2.05) is 0 Å². The largest absolute Gasteiger partial charge is 0.109 e. The molecule has 1 rings (SSSR count). The topological polar surface area (TPSA) is 0 Å². The zero-order valence-corrected chi connectivity index (χ0v) is 22.5. The molecule has 0 saturated carbocycles. The van der Waals surface area contributed by atoms with Crippen LogP contribution in [0.2, 0.25) is 61.4 Å². The monoisotopic (exact) mass is 398 g/mol. The molecular formula is C20H42SSi3. The van der Waals surface area contributed by atoms with Crippen LogP contribution >= 0.6 is 11.8 Å². The highest BCUT2D eigenvalue weighted by Crippen LogP contribution is 2.55. The minimum atomic E-state index is -1.48. The Bertz CT molecular complexity index is 493. The summed E-state index contributed by atoms with van der Waals surface area (Å²) in [6.07, 6.45) is 5.40. The molecule has 0 aromatic carbocycles. The lowest BCUT2D eigenvalue weighted by molar-refractivity contribution is 0.726. The highest BCUT2D eigenvalue weighted by atomic mass is 32.2. The van der Waals surface area contributed by atoms with Crippen LogP contribution in [0, 0.1) is 0 Å². The molecule has 0 radical (unpaired) electrons. The van der Waals surface area contributed by atoms with Gasteiger partial charge >= 0.3 is 0 Å². The molecule has 0 saturated heterocycles. The van der Waals surface area contributed by atoms with Gasteiger partial charge in [0.25, 0.3) is 0 Å². The van der Waals surface area contributed by atoms with Gasteiger partial charge in [0.05, 0.1) is 24.2 Å². The number of hydrogen-bond acceptors (Lipinski definition) is 1. The molecule has 0 amide bonds. The molecule has 0 aromatic heterocycles. The van der Waals surface area contributed by atoms with Crippen molar-refractivity contribution in [3.8, 4) is 0 Å². The summed E-state index contributed by atoms with van der Waals surface area (Å²) in [6, 6.07) is 0. The summed E-state index contributed by atoms with van der Waals surface area (Å²) in [6.45, 7) is 32.7. The van der Waals surface area contributed by atoms with E-state index in [1.165, 1.54) is 0 Å². The van der Waals surface area contributed by atoms with E-state index < -0.39 is 24.2 Å². The van der Waals surface area contributed by atoms with Gasteiger partial charge in [-0.3, -0.25) is 0 Å². The van der Waals surface area contributed by atoms with Crippen LogP contribution in [-0.2, 0) is 0 Å². The van der Waals surface area contributed by atoms with E-state index in [2.05, 4.69) is 111 Å². The van der Waals surface area contributed by atoms with Gasteiger partial charge in [-0.15, -0.1) is 11.8 Å². The Morgan fingerprint density at radius 1 is 0.667 bits per heavy atom. The van der Waals surface area contributed by atoms with Gasteiger partial charge in [-0.05, 0) is 24.7 Å². The molecule has 0 aromatic rings. The molecule has 0 spiro atoms. The summed E-state index contributed by atoms with van der Waals surface area (Å²) in [5.41, 5.74) is 0.701. The minimum absolute atomic E-state index is 0.408. The number of rotatable bonds is 3. The third kappa shape index (κ3) is 4.41. The molecule has 0 aliphatic carbocycles. The Hall–Kier alpha value is 0.481. The molecule has 140 valence electrons. The molecule has 4 heteroatoms. The SMILES string of the molecule is CC(C)(C)[Si](C)(C)C1=CC([Si](C)(C)C)C=C([Si](C)(C)C(C)(C)C)S1. The highest BCUT2D eigenvalue weighted by Gasteiger charge is 2.46.